The summed E-state index contributed by atoms with van der Waals surface area (Å²) in [5.74, 6) is -1.69. The summed E-state index contributed by atoms with van der Waals surface area (Å²) in [4.78, 5) is 59.8. The summed E-state index contributed by atoms with van der Waals surface area (Å²) < 4.78 is 16.5. The van der Waals surface area contributed by atoms with Crippen LogP contribution >= 0.6 is 0 Å². The van der Waals surface area contributed by atoms with Crippen LogP contribution in [0.3, 0.4) is 0 Å². The molecule has 4 aliphatic rings. The average molecular weight is 594 g/mol. The number of carbonyl (C=O) groups excluding carboxylic acids is 4. The van der Waals surface area contributed by atoms with Gasteiger partial charge in [-0.25, -0.2) is 4.39 Å². The zero-order valence-corrected chi connectivity index (χ0v) is 23.6. The lowest BCUT2D eigenvalue weighted by Gasteiger charge is -2.35. The number of anilines is 1. The molecular formula is C32H28FN7O4. The minimum absolute atomic E-state index is 0.0813. The van der Waals surface area contributed by atoms with Gasteiger partial charge in [-0.15, -0.1) is 0 Å². The van der Waals surface area contributed by atoms with E-state index in [1.54, 1.807) is 36.5 Å². The van der Waals surface area contributed by atoms with Crippen molar-refractivity contribution < 1.29 is 23.6 Å². The highest BCUT2D eigenvalue weighted by molar-refractivity contribution is 6.23. The molecule has 1 aromatic carbocycles. The van der Waals surface area contributed by atoms with Crippen molar-refractivity contribution in [3.8, 4) is 11.3 Å². The Labute approximate surface area is 250 Å². The Morgan fingerprint density at radius 2 is 1.80 bits per heavy atom. The van der Waals surface area contributed by atoms with Gasteiger partial charge in [0.15, 0.2) is 5.82 Å². The number of halogens is 1. The number of imide groups is 2. The van der Waals surface area contributed by atoms with Gasteiger partial charge in [0, 0.05) is 47.9 Å². The number of aromatic nitrogens is 4. The van der Waals surface area contributed by atoms with Crippen LogP contribution in [0.25, 0.3) is 22.2 Å². The van der Waals surface area contributed by atoms with Crippen molar-refractivity contribution >= 4 is 40.2 Å². The molecule has 222 valence electrons. The zero-order chi connectivity index (χ0) is 30.1. The maximum atomic E-state index is 14.4. The van der Waals surface area contributed by atoms with E-state index in [1.807, 2.05) is 10.9 Å². The van der Waals surface area contributed by atoms with Crippen molar-refractivity contribution in [2.45, 2.75) is 56.5 Å². The van der Waals surface area contributed by atoms with Crippen LogP contribution in [0, 0.1) is 11.7 Å². The highest BCUT2D eigenvalue weighted by atomic mass is 19.1. The molecule has 44 heavy (non-hydrogen) atoms. The van der Waals surface area contributed by atoms with Crippen LogP contribution in [0.5, 0.6) is 0 Å². The maximum absolute atomic E-state index is 14.4. The molecule has 2 N–H and O–H groups in total. The number of pyridine rings is 2. The smallest absolute Gasteiger partial charge is 0.262 e. The third kappa shape index (κ3) is 4.35. The number of nitrogens with one attached hydrogen (secondary N) is 2. The molecule has 12 heteroatoms. The molecule has 8 rings (SSSR count). The lowest BCUT2D eigenvalue weighted by molar-refractivity contribution is -0.136. The minimum Gasteiger partial charge on any atom is -0.385 e. The molecule has 0 bridgehead atoms. The van der Waals surface area contributed by atoms with Crippen LogP contribution in [-0.2, 0) is 9.59 Å². The fraction of sp³-hybridized carbons (Fsp3) is 0.344. The van der Waals surface area contributed by atoms with Gasteiger partial charge in [-0.1, -0.05) is 0 Å². The van der Waals surface area contributed by atoms with Gasteiger partial charge in [0.2, 0.25) is 11.8 Å². The van der Waals surface area contributed by atoms with Crippen molar-refractivity contribution in [3.05, 3.63) is 71.6 Å². The van der Waals surface area contributed by atoms with Crippen molar-refractivity contribution in [1.82, 2.24) is 30.0 Å². The predicted octanol–water partition coefficient (Wildman–Crippen LogP) is 3.97. The maximum Gasteiger partial charge on any atom is 0.262 e. The molecule has 1 atom stereocenters. The molecule has 3 aromatic heterocycles. The number of rotatable bonds is 7. The fourth-order valence-electron chi connectivity index (χ4n) is 6.60. The van der Waals surface area contributed by atoms with Gasteiger partial charge < -0.3 is 5.32 Å². The van der Waals surface area contributed by atoms with Crippen LogP contribution in [0.4, 0.5) is 10.1 Å². The van der Waals surface area contributed by atoms with E-state index in [-0.39, 0.29) is 30.0 Å². The van der Waals surface area contributed by atoms with Gasteiger partial charge >= 0.3 is 0 Å². The first-order valence-electron chi connectivity index (χ1n) is 14.9. The normalized spacial score (nSPS) is 23.1. The molecule has 2 aliphatic heterocycles. The number of benzene rings is 1. The van der Waals surface area contributed by atoms with E-state index in [2.05, 4.69) is 20.6 Å². The summed E-state index contributed by atoms with van der Waals surface area (Å²) in [5.41, 5.74) is 4.35. The lowest BCUT2D eigenvalue weighted by atomic mass is 9.80. The largest absolute Gasteiger partial charge is 0.385 e. The quantitative estimate of drug-likeness (QED) is 0.307. The molecule has 2 aliphatic carbocycles. The molecule has 1 unspecified atom stereocenters. The standard InChI is InChI=1S/C32H28FN7O4/c33-24-14-36-29(28-21(24)2-1-9-34-28)23-15-39(38-27(23)17-3-4-17)19-10-16(11-19)13-35-18-5-6-20-22(12-18)32(44)40(31(20)43)25-7-8-26(41)37-30(25)42/h1-2,5-6,9,12,14-17,19,25,35H,3-4,7-8,10-11,13H2,(H,37,41,42). The first-order valence-corrected chi connectivity index (χ1v) is 14.9. The van der Waals surface area contributed by atoms with Crippen LogP contribution in [0.2, 0.25) is 0 Å². The summed E-state index contributed by atoms with van der Waals surface area (Å²) >= 11 is 0. The molecule has 1 saturated heterocycles. The van der Waals surface area contributed by atoms with Gasteiger partial charge in [-0.2, -0.15) is 5.10 Å². The van der Waals surface area contributed by atoms with Crippen LogP contribution in [0.1, 0.15) is 76.9 Å². The van der Waals surface area contributed by atoms with Crippen LogP contribution in [-0.4, -0.2) is 60.9 Å². The summed E-state index contributed by atoms with van der Waals surface area (Å²) in [5, 5.41) is 11.0. The number of fused-ring (bicyclic) bond motifs is 2. The van der Waals surface area contributed by atoms with Crippen molar-refractivity contribution in [1.29, 1.82) is 0 Å². The van der Waals surface area contributed by atoms with Gasteiger partial charge in [-0.05, 0) is 68.4 Å². The van der Waals surface area contributed by atoms with E-state index < -0.39 is 35.5 Å². The second-order valence-electron chi connectivity index (χ2n) is 12.1. The summed E-state index contributed by atoms with van der Waals surface area (Å²) in [6, 6.07) is 7.72. The number of nitrogens with zero attached hydrogens (tertiary/aromatic N) is 5. The second-order valence-corrected chi connectivity index (χ2v) is 12.1. The highest BCUT2D eigenvalue weighted by Crippen LogP contribution is 2.46. The van der Waals surface area contributed by atoms with E-state index in [0.717, 1.165) is 47.5 Å². The summed E-state index contributed by atoms with van der Waals surface area (Å²) in [6.45, 7) is 0.686. The molecule has 11 nitrogen and oxygen atoms in total. The molecule has 0 radical (unpaired) electrons. The van der Waals surface area contributed by atoms with Crippen LogP contribution in [0.15, 0.2) is 48.9 Å². The van der Waals surface area contributed by atoms with E-state index >= 15 is 0 Å². The van der Waals surface area contributed by atoms with Crippen LogP contribution < -0.4 is 10.6 Å². The molecular weight excluding hydrogens is 565 g/mol. The van der Waals surface area contributed by atoms with E-state index in [9.17, 15) is 23.6 Å². The molecule has 4 aromatic rings. The third-order valence-electron chi connectivity index (χ3n) is 9.20. The van der Waals surface area contributed by atoms with E-state index in [0.29, 0.717) is 35.0 Å². The topological polar surface area (TPSA) is 139 Å². The van der Waals surface area contributed by atoms with Gasteiger partial charge in [0.25, 0.3) is 11.8 Å². The van der Waals surface area contributed by atoms with Gasteiger partial charge in [-0.3, -0.25) is 44.0 Å². The van der Waals surface area contributed by atoms with Gasteiger partial charge in [0.1, 0.15) is 11.7 Å². The molecule has 2 saturated carbocycles. The second kappa shape index (κ2) is 10.0. The third-order valence-corrected chi connectivity index (χ3v) is 9.20. The highest BCUT2D eigenvalue weighted by Gasteiger charge is 2.44. The number of carbonyl (C=O) groups is 4. The Hall–Kier alpha value is -5.00. The number of hydrogen-bond acceptors (Lipinski definition) is 8. The zero-order valence-electron chi connectivity index (χ0n) is 23.6. The average Bonchev–Trinajstić information content (AvgIpc) is 3.71. The first-order chi connectivity index (χ1) is 21.4. The Morgan fingerprint density at radius 1 is 0.977 bits per heavy atom. The molecule has 4 amide bonds. The number of piperidine rings is 1. The Bertz CT molecular complexity index is 1890. The molecule has 0 spiro atoms. The van der Waals surface area contributed by atoms with Gasteiger partial charge in [0.05, 0.1) is 34.6 Å². The predicted molar refractivity (Wildman–Crippen MR) is 156 cm³/mol. The molecule has 5 heterocycles. The van der Waals surface area contributed by atoms with E-state index in [4.69, 9.17) is 5.10 Å². The summed E-state index contributed by atoms with van der Waals surface area (Å²) in [7, 11) is 0. The Kier molecular flexibility index (Phi) is 6.07. The number of amides is 4. The monoisotopic (exact) mass is 593 g/mol. The van der Waals surface area contributed by atoms with E-state index in [1.165, 1.54) is 6.20 Å². The molecule has 3 fully saturated rings. The number of hydrogen-bond donors (Lipinski definition) is 2. The first kappa shape index (κ1) is 26.6. The lowest BCUT2D eigenvalue weighted by Crippen LogP contribution is -2.54. The SMILES string of the molecule is O=C1CCC(N2C(=O)c3ccc(NCC4CC(n5cc(-c6ncc(F)c7cccnc67)c(C6CC6)n5)C4)cc3C2=O)C(=O)N1. The van der Waals surface area contributed by atoms with Crippen molar-refractivity contribution in [3.63, 3.8) is 0 Å². The summed E-state index contributed by atoms with van der Waals surface area (Å²) in [6.07, 6.45) is 9.14. The van der Waals surface area contributed by atoms with Crippen molar-refractivity contribution in [2.24, 2.45) is 5.92 Å². The van der Waals surface area contributed by atoms with Crippen molar-refractivity contribution in [2.75, 3.05) is 11.9 Å². The fourth-order valence-corrected chi connectivity index (χ4v) is 6.60. The Balaban J connectivity index is 0.941. The minimum atomic E-state index is -0.986. The Morgan fingerprint density at radius 3 is 2.59 bits per heavy atom.